The van der Waals surface area contributed by atoms with Gasteiger partial charge in [0.2, 0.25) is 0 Å². The molecule has 0 aliphatic rings. The highest BCUT2D eigenvalue weighted by Crippen LogP contribution is 2.36. The van der Waals surface area contributed by atoms with E-state index < -0.39 is 11.9 Å². The molecule has 0 fully saturated rings. The van der Waals surface area contributed by atoms with E-state index in [-0.39, 0.29) is 18.0 Å². The van der Waals surface area contributed by atoms with Gasteiger partial charge < -0.3 is 14.8 Å². The van der Waals surface area contributed by atoms with Crippen molar-refractivity contribution in [1.82, 2.24) is 0 Å². The molecule has 3 rings (SSSR count). The molecule has 0 aliphatic heterocycles. The maximum absolute atomic E-state index is 13.2. The number of aryl methyl sites for hydroxylation is 1. The number of hydrogen-bond donors (Lipinski definition) is 1. The van der Waals surface area contributed by atoms with Crippen LogP contribution in [-0.4, -0.2) is 25.6 Å². The third kappa shape index (κ3) is 4.55. The van der Waals surface area contributed by atoms with Crippen molar-refractivity contribution in [3.05, 3.63) is 70.9 Å². The van der Waals surface area contributed by atoms with Gasteiger partial charge in [0.1, 0.15) is 22.1 Å². The van der Waals surface area contributed by atoms with E-state index in [2.05, 4.69) is 5.32 Å². The number of rotatable bonds is 6. The second-order valence-corrected chi connectivity index (χ2v) is 6.88. The first-order valence-electron chi connectivity index (χ1n) is 8.43. The highest BCUT2D eigenvalue weighted by Gasteiger charge is 2.22. The molecule has 1 heterocycles. The van der Waals surface area contributed by atoms with Crippen LogP contribution in [0.4, 0.5) is 9.39 Å². The number of anilines is 1. The van der Waals surface area contributed by atoms with Gasteiger partial charge in [0.15, 0.2) is 6.61 Å². The summed E-state index contributed by atoms with van der Waals surface area (Å²) in [5, 5.41) is 4.76. The Morgan fingerprint density at radius 2 is 1.75 bits per heavy atom. The van der Waals surface area contributed by atoms with Crippen LogP contribution < -0.4 is 10.1 Å². The van der Waals surface area contributed by atoms with E-state index in [0.29, 0.717) is 21.9 Å². The van der Waals surface area contributed by atoms with Crippen LogP contribution in [0.15, 0.2) is 53.9 Å². The van der Waals surface area contributed by atoms with Crippen LogP contribution >= 0.6 is 11.3 Å². The lowest BCUT2D eigenvalue weighted by atomic mass is 10.0. The van der Waals surface area contributed by atoms with Crippen molar-refractivity contribution in [2.24, 2.45) is 0 Å². The fraction of sp³-hybridized carbons (Fsp3) is 0.143. The molecular formula is C21H18FNO4S. The number of halogens is 1. The summed E-state index contributed by atoms with van der Waals surface area (Å²) in [4.78, 5) is 24.6. The second kappa shape index (κ2) is 8.67. The molecule has 0 saturated carbocycles. The van der Waals surface area contributed by atoms with E-state index >= 15 is 0 Å². The molecule has 7 heteroatoms. The number of carbonyl (C=O) groups is 2. The molecular weight excluding hydrogens is 381 g/mol. The Balaban J connectivity index is 1.77. The van der Waals surface area contributed by atoms with Crippen molar-refractivity contribution in [2.45, 2.75) is 6.92 Å². The highest BCUT2D eigenvalue weighted by molar-refractivity contribution is 7.15. The number of thiophene rings is 1. The Hall–Kier alpha value is -3.19. The average Bonchev–Trinajstić information content (AvgIpc) is 3.11. The summed E-state index contributed by atoms with van der Waals surface area (Å²) >= 11 is 1.19. The first-order chi connectivity index (χ1) is 13.5. The number of methoxy groups -OCH3 is 1. The van der Waals surface area contributed by atoms with Crippen molar-refractivity contribution in [2.75, 3.05) is 19.0 Å². The molecule has 0 saturated heterocycles. The first-order valence-corrected chi connectivity index (χ1v) is 9.31. The van der Waals surface area contributed by atoms with Gasteiger partial charge in [-0.25, -0.2) is 9.18 Å². The van der Waals surface area contributed by atoms with Crippen molar-refractivity contribution in [3.63, 3.8) is 0 Å². The molecule has 0 radical (unpaired) electrons. The normalized spacial score (nSPS) is 10.4. The van der Waals surface area contributed by atoms with Crippen molar-refractivity contribution < 1.29 is 23.5 Å². The number of carbonyl (C=O) groups excluding carboxylic acids is 2. The molecule has 0 atom stereocenters. The topological polar surface area (TPSA) is 64.6 Å². The van der Waals surface area contributed by atoms with Gasteiger partial charge in [-0.05, 0) is 36.8 Å². The molecule has 0 spiro atoms. The molecule has 0 bridgehead atoms. The Labute approximate surface area is 165 Å². The minimum absolute atomic E-state index is 0.201. The molecule has 1 aromatic heterocycles. The number of esters is 1. The van der Waals surface area contributed by atoms with Gasteiger partial charge in [-0.3, -0.25) is 4.79 Å². The van der Waals surface area contributed by atoms with E-state index in [4.69, 9.17) is 9.47 Å². The molecule has 28 heavy (non-hydrogen) atoms. The second-order valence-electron chi connectivity index (χ2n) is 6.00. The summed E-state index contributed by atoms with van der Waals surface area (Å²) < 4.78 is 23.5. The van der Waals surface area contributed by atoms with Gasteiger partial charge in [-0.2, -0.15) is 0 Å². The van der Waals surface area contributed by atoms with Gasteiger partial charge >= 0.3 is 5.97 Å². The molecule has 2 aromatic carbocycles. The summed E-state index contributed by atoms with van der Waals surface area (Å²) in [5.41, 5.74) is 2.52. The molecule has 5 nitrogen and oxygen atoms in total. The smallest absolute Gasteiger partial charge is 0.341 e. The van der Waals surface area contributed by atoms with Crippen LogP contribution in [0, 0.1) is 12.7 Å². The lowest BCUT2D eigenvalue weighted by molar-refractivity contribution is -0.118. The van der Waals surface area contributed by atoms with Gasteiger partial charge in [0, 0.05) is 10.9 Å². The van der Waals surface area contributed by atoms with Crippen LogP contribution in [0.25, 0.3) is 11.1 Å². The summed E-state index contributed by atoms with van der Waals surface area (Å²) in [7, 11) is 1.26. The largest absolute Gasteiger partial charge is 0.484 e. The van der Waals surface area contributed by atoms with Crippen LogP contribution in [-0.2, 0) is 9.53 Å². The van der Waals surface area contributed by atoms with Crippen LogP contribution in [0.5, 0.6) is 5.75 Å². The van der Waals surface area contributed by atoms with Crippen molar-refractivity contribution in [1.29, 1.82) is 0 Å². The number of benzene rings is 2. The standard InChI is InChI=1S/C21H18FNO4S/c1-13-3-9-16(10-4-13)27-11-18(24)23-20-19(21(25)26-2)17(12-28-20)14-5-7-15(22)8-6-14/h3-10,12H,11H2,1-2H3,(H,23,24). The van der Waals surface area contributed by atoms with Crippen molar-refractivity contribution >= 4 is 28.2 Å². The first kappa shape index (κ1) is 19.6. The third-order valence-corrected chi connectivity index (χ3v) is 4.88. The SMILES string of the molecule is COC(=O)c1c(-c2ccc(F)cc2)csc1NC(=O)COc1ccc(C)cc1. The predicted octanol–water partition coefficient (Wildman–Crippen LogP) is 4.67. The number of nitrogens with one attached hydrogen (secondary N) is 1. The van der Waals surface area contributed by atoms with Gasteiger partial charge in [0.25, 0.3) is 5.91 Å². The quantitative estimate of drug-likeness (QED) is 0.612. The number of ether oxygens (including phenoxy) is 2. The lowest BCUT2D eigenvalue weighted by Crippen LogP contribution is -2.21. The summed E-state index contributed by atoms with van der Waals surface area (Å²) in [5.74, 6) is -0.791. The zero-order valence-electron chi connectivity index (χ0n) is 15.3. The highest BCUT2D eigenvalue weighted by atomic mass is 32.1. The third-order valence-electron chi connectivity index (χ3n) is 3.98. The molecule has 3 aromatic rings. The Bertz CT molecular complexity index is 981. The van der Waals surface area contributed by atoms with E-state index in [1.807, 2.05) is 19.1 Å². The summed E-state index contributed by atoms with van der Waals surface area (Å²) in [6, 6.07) is 13.1. The van der Waals surface area contributed by atoms with Crippen LogP contribution in [0.2, 0.25) is 0 Å². The maximum Gasteiger partial charge on any atom is 0.341 e. The van der Waals surface area contributed by atoms with Gasteiger partial charge in [-0.15, -0.1) is 11.3 Å². The number of amides is 1. The Morgan fingerprint density at radius 3 is 2.39 bits per heavy atom. The predicted molar refractivity (Wildman–Crippen MR) is 106 cm³/mol. The zero-order valence-corrected chi connectivity index (χ0v) is 16.1. The fourth-order valence-electron chi connectivity index (χ4n) is 2.54. The van der Waals surface area contributed by atoms with Crippen molar-refractivity contribution in [3.8, 4) is 16.9 Å². The van der Waals surface area contributed by atoms with E-state index in [9.17, 15) is 14.0 Å². The Kier molecular flexibility index (Phi) is 6.06. The van der Waals surface area contributed by atoms with Gasteiger partial charge in [-0.1, -0.05) is 29.8 Å². The number of hydrogen-bond acceptors (Lipinski definition) is 5. The maximum atomic E-state index is 13.2. The lowest BCUT2D eigenvalue weighted by Gasteiger charge is -2.09. The zero-order chi connectivity index (χ0) is 20.1. The monoisotopic (exact) mass is 399 g/mol. The molecule has 1 amide bonds. The van der Waals surface area contributed by atoms with Gasteiger partial charge in [0.05, 0.1) is 7.11 Å². The summed E-state index contributed by atoms with van der Waals surface area (Å²) in [6.45, 7) is 1.76. The summed E-state index contributed by atoms with van der Waals surface area (Å²) in [6.07, 6.45) is 0. The fourth-order valence-corrected chi connectivity index (χ4v) is 3.52. The average molecular weight is 399 g/mol. The van der Waals surface area contributed by atoms with E-state index in [0.717, 1.165) is 5.56 Å². The minimum atomic E-state index is -0.588. The molecule has 0 aliphatic carbocycles. The molecule has 144 valence electrons. The van der Waals surface area contributed by atoms with Crippen LogP contribution in [0.1, 0.15) is 15.9 Å². The Morgan fingerprint density at radius 1 is 1.07 bits per heavy atom. The van der Waals surface area contributed by atoms with Crippen LogP contribution in [0.3, 0.4) is 0 Å². The van der Waals surface area contributed by atoms with E-state index in [1.54, 1.807) is 29.6 Å². The minimum Gasteiger partial charge on any atom is -0.484 e. The van der Waals surface area contributed by atoms with E-state index in [1.165, 1.54) is 30.6 Å². The molecule has 0 unspecified atom stereocenters. The molecule has 1 N–H and O–H groups in total.